The Labute approximate surface area is 89.4 Å². The number of carbonyl (C=O) groups excluding carboxylic acids is 1. The zero-order chi connectivity index (χ0) is 11.3. The molecule has 0 spiro atoms. The van der Waals surface area contributed by atoms with E-state index in [1.54, 1.807) is 12.3 Å². The van der Waals surface area contributed by atoms with Gasteiger partial charge < -0.3 is 9.72 Å². The van der Waals surface area contributed by atoms with Crippen LogP contribution in [0.15, 0.2) is 18.9 Å². The molecule has 0 aromatic carbocycles. The molecule has 0 fully saturated rings. The normalized spacial score (nSPS) is 12.1. The average Bonchev–Trinajstić information content (AvgIpc) is 2.60. The van der Waals surface area contributed by atoms with Crippen LogP contribution in [0.4, 0.5) is 0 Å². The van der Waals surface area contributed by atoms with Gasteiger partial charge in [0.25, 0.3) is 0 Å². The molecule has 1 atom stereocenters. The van der Waals surface area contributed by atoms with Gasteiger partial charge in [-0.3, -0.25) is 4.79 Å². The molecule has 4 heteroatoms. The zero-order valence-electron chi connectivity index (χ0n) is 9.12. The van der Waals surface area contributed by atoms with Gasteiger partial charge in [-0.05, 0) is 6.92 Å². The first-order valence-corrected chi connectivity index (χ1v) is 4.91. The molecule has 0 radical (unpaired) electrons. The summed E-state index contributed by atoms with van der Waals surface area (Å²) in [5.41, 5.74) is 0.997. The largest absolute Gasteiger partial charge is 0.461 e. The lowest BCUT2D eigenvalue weighted by molar-refractivity contribution is -0.146. The van der Waals surface area contributed by atoms with Gasteiger partial charge in [-0.15, -0.1) is 0 Å². The van der Waals surface area contributed by atoms with Gasteiger partial charge in [-0.25, -0.2) is 4.98 Å². The van der Waals surface area contributed by atoms with Crippen LogP contribution in [-0.4, -0.2) is 22.5 Å². The second-order valence-corrected chi connectivity index (χ2v) is 3.54. The molecule has 1 N–H and O–H groups in total. The highest BCUT2D eigenvalue weighted by atomic mass is 16.5. The first-order chi connectivity index (χ1) is 7.13. The summed E-state index contributed by atoms with van der Waals surface area (Å²) < 4.78 is 4.93. The van der Waals surface area contributed by atoms with Crippen LogP contribution in [0.25, 0.3) is 0 Å². The van der Waals surface area contributed by atoms with Crippen molar-refractivity contribution in [2.24, 2.45) is 5.92 Å². The van der Waals surface area contributed by atoms with Gasteiger partial charge in [0, 0.05) is 18.3 Å². The van der Waals surface area contributed by atoms with Crippen LogP contribution in [0.5, 0.6) is 0 Å². The Morgan fingerprint density at radius 1 is 1.80 bits per heavy atom. The van der Waals surface area contributed by atoms with Crippen LogP contribution in [0.3, 0.4) is 0 Å². The molecule has 0 aliphatic rings. The number of ether oxygens (including phenoxy) is 1. The van der Waals surface area contributed by atoms with Crippen LogP contribution >= 0.6 is 0 Å². The van der Waals surface area contributed by atoms with E-state index in [1.165, 1.54) is 0 Å². The summed E-state index contributed by atoms with van der Waals surface area (Å²) in [6.45, 7) is 7.50. The molecular weight excluding hydrogens is 192 g/mol. The Balaban J connectivity index is 2.44. The minimum atomic E-state index is -0.219. The summed E-state index contributed by atoms with van der Waals surface area (Å²) in [5, 5.41) is 0. The van der Waals surface area contributed by atoms with Gasteiger partial charge in [0.15, 0.2) is 0 Å². The molecule has 1 aromatic rings. The lowest BCUT2D eigenvalue weighted by atomic mass is 10.1. The molecule has 0 bridgehead atoms. The third-order valence-corrected chi connectivity index (χ3v) is 2.00. The van der Waals surface area contributed by atoms with E-state index in [9.17, 15) is 4.79 Å². The monoisotopic (exact) mass is 208 g/mol. The lowest BCUT2D eigenvalue weighted by Gasteiger charge is -2.08. The number of hydrogen-bond donors (Lipinski definition) is 1. The minimum Gasteiger partial charge on any atom is -0.461 e. The second-order valence-electron chi connectivity index (χ2n) is 3.54. The molecule has 1 aromatic heterocycles. The maximum atomic E-state index is 11.4. The lowest BCUT2D eigenvalue weighted by Crippen LogP contribution is -2.17. The van der Waals surface area contributed by atoms with Crippen molar-refractivity contribution in [1.82, 2.24) is 9.97 Å². The first-order valence-electron chi connectivity index (χ1n) is 4.91. The number of hydrogen-bond acceptors (Lipinski definition) is 3. The Morgan fingerprint density at radius 3 is 3.07 bits per heavy atom. The molecular formula is C11H16N2O2. The molecule has 1 heterocycles. The molecule has 15 heavy (non-hydrogen) atoms. The Bertz CT molecular complexity index is 344. The van der Waals surface area contributed by atoms with Crippen molar-refractivity contribution in [2.45, 2.75) is 20.3 Å². The number of aromatic amines is 1. The van der Waals surface area contributed by atoms with E-state index < -0.39 is 0 Å². The average molecular weight is 208 g/mol. The topological polar surface area (TPSA) is 55.0 Å². The van der Waals surface area contributed by atoms with Crippen LogP contribution < -0.4 is 0 Å². The maximum Gasteiger partial charge on any atom is 0.309 e. The van der Waals surface area contributed by atoms with Crippen LogP contribution in [0.2, 0.25) is 0 Å². The van der Waals surface area contributed by atoms with Crippen molar-refractivity contribution >= 4 is 5.97 Å². The summed E-state index contributed by atoms with van der Waals surface area (Å²) >= 11 is 0. The van der Waals surface area contributed by atoms with Crippen molar-refractivity contribution in [3.63, 3.8) is 0 Å². The van der Waals surface area contributed by atoms with Crippen molar-refractivity contribution in [2.75, 3.05) is 6.61 Å². The van der Waals surface area contributed by atoms with E-state index in [0.717, 1.165) is 11.5 Å². The fourth-order valence-electron chi connectivity index (χ4n) is 1.23. The minimum absolute atomic E-state index is 0.185. The number of rotatable bonds is 5. The number of aromatic nitrogens is 2. The number of imidazole rings is 1. The van der Waals surface area contributed by atoms with Crippen molar-refractivity contribution in [1.29, 1.82) is 0 Å². The van der Waals surface area contributed by atoms with Crippen molar-refractivity contribution in [3.05, 3.63) is 30.4 Å². The summed E-state index contributed by atoms with van der Waals surface area (Å²) in [4.78, 5) is 18.6. The van der Waals surface area contributed by atoms with Gasteiger partial charge in [0.1, 0.15) is 12.4 Å². The molecule has 1 rings (SSSR count). The van der Waals surface area contributed by atoms with Crippen LogP contribution in [0.1, 0.15) is 18.4 Å². The quantitative estimate of drug-likeness (QED) is 0.591. The number of nitrogens with one attached hydrogen (secondary N) is 1. The summed E-state index contributed by atoms with van der Waals surface area (Å²) in [6.07, 6.45) is 3.88. The van der Waals surface area contributed by atoms with Gasteiger partial charge in [-0.2, -0.15) is 0 Å². The number of aryl methyl sites for hydroxylation is 1. The van der Waals surface area contributed by atoms with Crippen molar-refractivity contribution in [3.8, 4) is 0 Å². The highest BCUT2D eigenvalue weighted by Crippen LogP contribution is 2.07. The standard InChI is InChI=1S/C11H16N2O2/c1-4-5-15-11(14)8(2)6-10-12-7-9(3)13-10/h4,7-8H,1,5-6H2,2-3H3,(H,12,13). The van der Waals surface area contributed by atoms with Crippen LogP contribution in [-0.2, 0) is 16.0 Å². The predicted molar refractivity (Wildman–Crippen MR) is 57.3 cm³/mol. The molecule has 1 unspecified atom stereocenters. The van der Waals surface area contributed by atoms with E-state index in [4.69, 9.17) is 4.74 Å². The number of nitrogens with zero attached hydrogens (tertiary/aromatic N) is 1. The Morgan fingerprint density at radius 2 is 2.53 bits per heavy atom. The molecule has 0 aliphatic carbocycles. The highest BCUT2D eigenvalue weighted by Gasteiger charge is 2.15. The fraction of sp³-hybridized carbons (Fsp3) is 0.455. The Hall–Kier alpha value is -1.58. The SMILES string of the molecule is C=CCOC(=O)C(C)Cc1ncc(C)[nH]1. The van der Waals surface area contributed by atoms with E-state index in [-0.39, 0.29) is 18.5 Å². The number of carbonyl (C=O) groups is 1. The molecule has 0 aliphatic heterocycles. The molecule has 0 saturated carbocycles. The van der Waals surface area contributed by atoms with E-state index in [1.807, 2.05) is 13.8 Å². The zero-order valence-corrected chi connectivity index (χ0v) is 9.12. The molecule has 0 amide bonds. The van der Waals surface area contributed by atoms with Crippen molar-refractivity contribution < 1.29 is 9.53 Å². The molecule has 0 saturated heterocycles. The number of H-pyrrole nitrogens is 1. The third kappa shape index (κ3) is 3.58. The van der Waals surface area contributed by atoms with Gasteiger partial charge >= 0.3 is 5.97 Å². The van der Waals surface area contributed by atoms with Gasteiger partial charge in [0.2, 0.25) is 0 Å². The summed E-state index contributed by atoms with van der Waals surface area (Å²) in [5.74, 6) is 0.412. The smallest absolute Gasteiger partial charge is 0.309 e. The van der Waals surface area contributed by atoms with E-state index >= 15 is 0 Å². The van der Waals surface area contributed by atoms with Crippen LogP contribution in [0, 0.1) is 12.8 Å². The maximum absolute atomic E-state index is 11.4. The molecule has 4 nitrogen and oxygen atoms in total. The van der Waals surface area contributed by atoms with Gasteiger partial charge in [0.05, 0.1) is 5.92 Å². The van der Waals surface area contributed by atoms with Gasteiger partial charge in [-0.1, -0.05) is 19.6 Å². The number of esters is 1. The first kappa shape index (κ1) is 11.5. The van der Waals surface area contributed by atoms with E-state index in [2.05, 4.69) is 16.5 Å². The fourth-order valence-corrected chi connectivity index (χ4v) is 1.23. The summed E-state index contributed by atoms with van der Waals surface area (Å²) in [6, 6.07) is 0. The second kappa shape index (κ2) is 5.34. The third-order valence-electron chi connectivity index (χ3n) is 2.00. The Kier molecular flexibility index (Phi) is 4.09. The van der Waals surface area contributed by atoms with E-state index in [0.29, 0.717) is 6.42 Å². The highest BCUT2D eigenvalue weighted by molar-refractivity contribution is 5.72. The predicted octanol–water partition coefficient (Wildman–Crippen LogP) is 1.63. The molecule has 82 valence electrons. The summed E-state index contributed by atoms with van der Waals surface area (Å²) in [7, 11) is 0.